The Morgan fingerprint density at radius 1 is 1.46 bits per heavy atom. The highest BCUT2D eigenvalue weighted by atomic mass is 79.9. The molecule has 0 aromatic carbocycles. The Morgan fingerprint density at radius 2 is 2.23 bits per heavy atom. The molecule has 0 saturated heterocycles. The maximum absolute atomic E-state index is 6.11. The first kappa shape index (κ1) is 9.16. The lowest BCUT2D eigenvalue weighted by atomic mass is 9.78. The van der Waals surface area contributed by atoms with Gasteiger partial charge in [-0.1, -0.05) is 6.42 Å². The molecule has 0 amide bonds. The highest BCUT2D eigenvalue weighted by Gasteiger charge is 2.25. The Bertz CT molecular complexity index is 297. The van der Waals surface area contributed by atoms with Crippen molar-refractivity contribution in [2.45, 2.75) is 25.3 Å². The largest absolute Gasteiger partial charge is 0.324 e. The molecule has 0 spiro atoms. The van der Waals surface area contributed by atoms with Crippen molar-refractivity contribution in [3.8, 4) is 0 Å². The Hall–Kier alpha value is -0.410. The third kappa shape index (κ3) is 1.92. The lowest BCUT2D eigenvalue weighted by Gasteiger charge is -2.31. The van der Waals surface area contributed by atoms with Crippen LogP contribution in [0, 0.1) is 5.92 Å². The monoisotopic (exact) mass is 240 g/mol. The molecule has 1 atom stereocenters. The van der Waals surface area contributed by atoms with Gasteiger partial charge in [-0.25, -0.2) is 0 Å². The van der Waals surface area contributed by atoms with Crippen molar-refractivity contribution in [3.63, 3.8) is 0 Å². The summed E-state index contributed by atoms with van der Waals surface area (Å²) in [6.07, 6.45) is 7.53. The SMILES string of the molecule is N[C@@H](c1cncc(Br)c1)C1CCC1. The van der Waals surface area contributed by atoms with Gasteiger partial charge in [0.15, 0.2) is 0 Å². The molecule has 70 valence electrons. The van der Waals surface area contributed by atoms with Crippen LogP contribution >= 0.6 is 15.9 Å². The number of nitrogens with two attached hydrogens (primary N) is 1. The third-order valence-electron chi connectivity index (χ3n) is 2.77. The van der Waals surface area contributed by atoms with E-state index < -0.39 is 0 Å². The van der Waals surface area contributed by atoms with Crippen molar-refractivity contribution in [3.05, 3.63) is 28.5 Å². The molecule has 1 aromatic rings. The number of aromatic nitrogens is 1. The topological polar surface area (TPSA) is 38.9 Å². The molecule has 1 saturated carbocycles. The molecule has 0 aliphatic heterocycles. The maximum Gasteiger partial charge on any atom is 0.0410 e. The van der Waals surface area contributed by atoms with Gasteiger partial charge in [0.2, 0.25) is 0 Å². The normalized spacial score (nSPS) is 19.5. The van der Waals surface area contributed by atoms with Crippen molar-refractivity contribution in [2.75, 3.05) is 0 Å². The van der Waals surface area contributed by atoms with Crippen molar-refractivity contribution in [1.29, 1.82) is 0 Å². The van der Waals surface area contributed by atoms with Gasteiger partial charge in [0.25, 0.3) is 0 Å². The van der Waals surface area contributed by atoms with Crippen LogP contribution in [0.4, 0.5) is 0 Å². The van der Waals surface area contributed by atoms with Crippen molar-refractivity contribution < 1.29 is 0 Å². The van der Waals surface area contributed by atoms with Gasteiger partial charge in [0, 0.05) is 22.9 Å². The fourth-order valence-electron chi connectivity index (χ4n) is 1.68. The number of halogens is 1. The van der Waals surface area contributed by atoms with Crippen LogP contribution in [-0.2, 0) is 0 Å². The highest BCUT2D eigenvalue weighted by Crippen LogP contribution is 2.36. The number of rotatable bonds is 2. The zero-order valence-electron chi connectivity index (χ0n) is 7.41. The van der Waals surface area contributed by atoms with Gasteiger partial charge < -0.3 is 5.73 Å². The first-order valence-corrected chi connectivity index (χ1v) is 5.42. The van der Waals surface area contributed by atoms with Gasteiger partial charge in [0.1, 0.15) is 0 Å². The fraction of sp³-hybridized carbons (Fsp3) is 0.500. The maximum atomic E-state index is 6.11. The van der Waals surface area contributed by atoms with E-state index >= 15 is 0 Å². The molecule has 2 rings (SSSR count). The summed E-state index contributed by atoms with van der Waals surface area (Å²) < 4.78 is 1.01. The van der Waals surface area contributed by atoms with E-state index in [-0.39, 0.29) is 6.04 Å². The quantitative estimate of drug-likeness (QED) is 0.864. The minimum absolute atomic E-state index is 0.179. The molecule has 1 aliphatic rings. The number of pyridine rings is 1. The number of nitrogens with zero attached hydrogens (tertiary/aromatic N) is 1. The molecular formula is C10H13BrN2. The molecule has 0 unspecified atom stereocenters. The van der Waals surface area contributed by atoms with Crippen LogP contribution in [0.25, 0.3) is 0 Å². The van der Waals surface area contributed by atoms with E-state index in [4.69, 9.17) is 5.73 Å². The molecular weight excluding hydrogens is 228 g/mol. The zero-order chi connectivity index (χ0) is 9.26. The van der Waals surface area contributed by atoms with Gasteiger partial charge in [-0.05, 0) is 46.3 Å². The van der Waals surface area contributed by atoms with Gasteiger partial charge in [-0.15, -0.1) is 0 Å². The average molecular weight is 241 g/mol. The van der Waals surface area contributed by atoms with Crippen LogP contribution in [0.2, 0.25) is 0 Å². The van der Waals surface area contributed by atoms with E-state index in [9.17, 15) is 0 Å². The Morgan fingerprint density at radius 3 is 2.77 bits per heavy atom. The smallest absolute Gasteiger partial charge is 0.0410 e. The van der Waals surface area contributed by atoms with Crippen LogP contribution in [0.15, 0.2) is 22.9 Å². The molecule has 1 heterocycles. The van der Waals surface area contributed by atoms with Gasteiger partial charge in [0.05, 0.1) is 0 Å². The van der Waals surface area contributed by atoms with E-state index in [0.717, 1.165) is 10.0 Å². The molecule has 0 radical (unpaired) electrons. The Labute approximate surface area is 86.7 Å². The lowest BCUT2D eigenvalue weighted by molar-refractivity contribution is 0.264. The summed E-state index contributed by atoms with van der Waals surface area (Å²) in [5, 5.41) is 0. The van der Waals surface area contributed by atoms with Crippen LogP contribution in [0.5, 0.6) is 0 Å². The molecule has 1 aliphatic carbocycles. The van der Waals surface area contributed by atoms with Crippen LogP contribution < -0.4 is 5.73 Å². The molecule has 1 aromatic heterocycles. The van der Waals surface area contributed by atoms with Gasteiger partial charge >= 0.3 is 0 Å². The summed E-state index contributed by atoms with van der Waals surface area (Å²) in [7, 11) is 0. The van der Waals surface area contributed by atoms with Crippen molar-refractivity contribution in [1.82, 2.24) is 4.98 Å². The summed E-state index contributed by atoms with van der Waals surface area (Å²) in [6, 6.07) is 2.24. The summed E-state index contributed by atoms with van der Waals surface area (Å²) in [5.74, 6) is 0.677. The highest BCUT2D eigenvalue weighted by molar-refractivity contribution is 9.10. The van der Waals surface area contributed by atoms with Crippen LogP contribution in [-0.4, -0.2) is 4.98 Å². The molecule has 3 heteroatoms. The predicted octanol–water partition coefficient (Wildman–Crippen LogP) is 2.64. The first-order valence-electron chi connectivity index (χ1n) is 4.63. The lowest BCUT2D eigenvalue weighted by Crippen LogP contribution is -2.26. The number of hydrogen-bond acceptors (Lipinski definition) is 2. The molecule has 1 fully saturated rings. The second kappa shape index (κ2) is 3.76. The Balaban J connectivity index is 2.14. The van der Waals surface area contributed by atoms with E-state index in [0.29, 0.717) is 5.92 Å². The minimum Gasteiger partial charge on any atom is -0.324 e. The third-order valence-corrected chi connectivity index (χ3v) is 3.20. The molecule has 0 bridgehead atoms. The van der Waals surface area contributed by atoms with Crippen molar-refractivity contribution in [2.24, 2.45) is 11.7 Å². The summed E-state index contributed by atoms with van der Waals surface area (Å²) >= 11 is 3.40. The average Bonchev–Trinajstić information content (AvgIpc) is 2.01. The molecule has 2 N–H and O–H groups in total. The van der Waals surface area contributed by atoms with E-state index in [2.05, 4.69) is 27.0 Å². The van der Waals surface area contributed by atoms with Gasteiger partial charge in [-0.2, -0.15) is 0 Å². The van der Waals surface area contributed by atoms with E-state index in [1.165, 1.54) is 19.3 Å². The van der Waals surface area contributed by atoms with E-state index in [1.54, 1.807) is 6.20 Å². The summed E-state index contributed by atoms with van der Waals surface area (Å²) in [4.78, 5) is 4.12. The predicted molar refractivity (Wildman–Crippen MR) is 56.2 cm³/mol. The minimum atomic E-state index is 0.179. The second-order valence-electron chi connectivity index (χ2n) is 3.65. The molecule has 2 nitrogen and oxygen atoms in total. The number of hydrogen-bond donors (Lipinski definition) is 1. The van der Waals surface area contributed by atoms with E-state index in [1.807, 2.05) is 6.20 Å². The first-order chi connectivity index (χ1) is 6.27. The second-order valence-corrected chi connectivity index (χ2v) is 4.57. The summed E-state index contributed by atoms with van der Waals surface area (Å²) in [6.45, 7) is 0. The standard InChI is InChI=1S/C10H13BrN2/c11-9-4-8(5-13-6-9)10(12)7-2-1-3-7/h4-7,10H,1-3,12H2/t10-/m1/s1. The molecule has 13 heavy (non-hydrogen) atoms. The Kier molecular flexibility index (Phi) is 2.65. The van der Waals surface area contributed by atoms with Gasteiger partial charge in [-0.3, -0.25) is 4.98 Å². The van der Waals surface area contributed by atoms with Crippen LogP contribution in [0.3, 0.4) is 0 Å². The van der Waals surface area contributed by atoms with Crippen molar-refractivity contribution >= 4 is 15.9 Å². The summed E-state index contributed by atoms with van der Waals surface area (Å²) in [5.41, 5.74) is 7.26. The fourth-order valence-corrected chi connectivity index (χ4v) is 2.06. The van der Waals surface area contributed by atoms with Crippen LogP contribution in [0.1, 0.15) is 30.9 Å². The zero-order valence-corrected chi connectivity index (χ0v) is 9.00.